The van der Waals surface area contributed by atoms with Gasteiger partial charge in [-0.1, -0.05) is 33.6 Å². The Labute approximate surface area is 113 Å². The van der Waals surface area contributed by atoms with E-state index < -0.39 is 0 Å². The minimum Gasteiger partial charge on any atom is -0.370 e. The zero-order chi connectivity index (χ0) is 13.0. The van der Waals surface area contributed by atoms with Crippen LogP contribution in [0.3, 0.4) is 0 Å². The molecule has 0 bridgehead atoms. The van der Waals surface area contributed by atoms with E-state index in [2.05, 4.69) is 26.1 Å². The Bertz CT molecular complexity index is 237. The van der Waals surface area contributed by atoms with Crippen molar-refractivity contribution in [2.24, 2.45) is 5.92 Å². The third-order valence-corrected chi connectivity index (χ3v) is 4.74. The highest BCUT2D eigenvalue weighted by molar-refractivity contribution is 4.90. The summed E-state index contributed by atoms with van der Waals surface area (Å²) in [5.74, 6) is 0.893. The first-order valence-corrected chi connectivity index (χ1v) is 8.01. The molecular formula is C16H31NO. The van der Waals surface area contributed by atoms with Gasteiger partial charge in [0.2, 0.25) is 0 Å². The number of hydrogen-bond acceptors (Lipinski definition) is 2. The van der Waals surface area contributed by atoms with Crippen LogP contribution in [0, 0.1) is 5.92 Å². The molecule has 2 saturated carbocycles. The Morgan fingerprint density at radius 3 is 2.28 bits per heavy atom. The maximum absolute atomic E-state index is 6.58. The first kappa shape index (κ1) is 14.3. The average Bonchev–Trinajstić information content (AvgIpc) is 2.83. The third-order valence-electron chi connectivity index (χ3n) is 4.74. The summed E-state index contributed by atoms with van der Waals surface area (Å²) < 4.78 is 6.58. The van der Waals surface area contributed by atoms with Gasteiger partial charge in [0.05, 0.1) is 11.7 Å². The van der Waals surface area contributed by atoms with Crippen LogP contribution in [0.25, 0.3) is 0 Å². The Kier molecular flexibility index (Phi) is 5.08. The molecule has 2 nitrogen and oxygen atoms in total. The van der Waals surface area contributed by atoms with Gasteiger partial charge in [-0.05, 0) is 44.4 Å². The van der Waals surface area contributed by atoms with Crippen molar-refractivity contribution in [2.75, 3.05) is 6.54 Å². The second kappa shape index (κ2) is 6.38. The van der Waals surface area contributed by atoms with Crippen molar-refractivity contribution >= 4 is 0 Å². The van der Waals surface area contributed by atoms with Gasteiger partial charge in [0.1, 0.15) is 0 Å². The second-order valence-corrected chi connectivity index (χ2v) is 6.93. The lowest BCUT2D eigenvalue weighted by Gasteiger charge is -2.42. The molecule has 106 valence electrons. The minimum absolute atomic E-state index is 0.145. The molecule has 1 N–H and O–H groups in total. The van der Waals surface area contributed by atoms with Crippen LogP contribution in [0.15, 0.2) is 0 Å². The van der Waals surface area contributed by atoms with Crippen LogP contribution >= 0.6 is 0 Å². The fourth-order valence-electron chi connectivity index (χ4n) is 3.37. The smallest absolute Gasteiger partial charge is 0.0810 e. The summed E-state index contributed by atoms with van der Waals surface area (Å²) >= 11 is 0. The molecule has 0 aliphatic heterocycles. The number of rotatable bonds is 5. The normalized spacial score (nSPS) is 34.3. The fourth-order valence-corrected chi connectivity index (χ4v) is 3.37. The van der Waals surface area contributed by atoms with E-state index in [1.54, 1.807) is 0 Å². The molecule has 2 heteroatoms. The van der Waals surface area contributed by atoms with Gasteiger partial charge in [-0.3, -0.25) is 0 Å². The molecule has 0 aromatic carbocycles. The van der Waals surface area contributed by atoms with Gasteiger partial charge < -0.3 is 10.1 Å². The standard InChI is InChI=1S/C16H31NO/c1-13(2)17-12-16(10-8-14(3)9-11-16)18-15-6-4-5-7-15/h13-15,17H,4-12H2,1-3H3. The quantitative estimate of drug-likeness (QED) is 0.802. The van der Waals surface area contributed by atoms with Crippen molar-refractivity contribution in [1.29, 1.82) is 0 Å². The molecule has 2 fully saturated rings. The predicted molar refractivity (Wildman–Crippen MR) is 76.8 cm³/mol. The van der Waals surface area contributed by atoms with Crippen LogP contribution in [0.4, 0.5) is 0 Å². The maximum atomic E-state index is 6.58. The van der Waals surface area contributed by atoms with Gasteiger partial charge in [-0.15, -0.1) is 0 Å². The number of hydrogen-bond donors (Lipinski definition) is 1. The van der Waals surface area contributed by atoms with Crippen LogP contribution < -0.4 is 5.32 Å². The highest BCUT2D eigenvalue weighted by atomic mass is 16.5. The molecule has 0 aromatic rings. The van der Waals surface area contributed by atoms with E-state index in [0.29, 0.717) is 12.1 Å². The summed E-state index contributed by atoms with van der Waals surface area (Å²) in [6.45, 7) is 7.90. The Balaban J connectivity index is 1.92. The van der Waals surface area contributed by atoms with Gasteiger partial charge in [-0.25, -0.2) is 0 Å². The summed E-state index contributed by atoms with van der Waals surface area (Å²) in [6.07, 6.45) is 11.1. The topological polar surface area (TPSA) is 21.3 Å². The number of nitrogens with one attached hydrogen (secondary N) is 1. The molecule has 18 heavy (non-hydrogen) atoms. The van der Waals surface area contributed by atoms with E-state index in [4.69, 9.17) is 4.74 Å². The highest BCUT2D eigenvalue weighted by Gasteiger charge is 2.37. The maximum Gasteiger partial charge on any atom is 0.0810 e. The molecule has 0 atom stereocenters. The van der Waals surface area contributed by atoms with Crippen molar-refractivity contribution in [2.45, 2.75) is 89.9 Å². The molecule has 2 aliphatic carbocycles. The molecule has 0 amide bonds. The summed E-state index contributed by atoms with van der Waals surface area (Å²) in [7, 11) is 0. The van der Waals surface area contributed by atoms with E-state index in [1.807, 2.05) is 0 Å². The molecule has 0 saturated heterocycles. The lowest BCUT2D eigenvalue weighted by molar-refractivity contribution is -0.115. The molecule has 0 unspecified atom stereocenters. The Hall–Kier alpha value is -0.0800. The lowest BCUT2D eigenvalue weighted by Crippen LogP contribution is -2.49. The first-order valence-electron chi connectivity index (χ1n) is 8.01. The van der Waals surface area contributed by atoms with Crippen LogP contribution in [0.1, 0.15) is 72.1 Å². The van der Waals surface area contributed by atoms with Gasteiger partial charge in [0.15, 0.2) is 0 Å². The summed E-state index contributed by atoms with van der Waals surface area (Å²) in [5.41, 5.74) is 0.145. The first-order chi connectivity index (χ1) is 8.60. The van der Waals surface area contributed by atoms with Crippen LogP contribution in [-0.4, -0.2) is 24.3 Å². The lowest BCUT2D eigenvalue weighted by atomic mass is 9.79. The monoisotopic (exact) mass is 253 g/mol. The molecule has 0 radical (unpaired) electrons. The second-order valence-electron chi connectivity index (χ2n) is 6.93. The van der Waals surface area contributed by atoms with Gasteiger partial charge in [0, 0.05) is 12.6 Å². The van der Waals surface area contributed by atoms with Crippen LogP contribution in [-0.2, 0) is 4.74 Å². The van der Waals surface area contributed by atoms with Crippen molar-refractivity contribution in [3.8, 4) is 0 Å². The summed E-state index contributed by atoms with van der Waals surface area (Å²) in [5, 5.41) is 3.62. The molecule has 2 rings (SSSR count). The van der Waals surface area contributed by atoms with E-state index >= 15 is 0 Å². The average molecular weight is 253 g/mol. The minimum atomic E-state index is 0.145. The van der Waals surface area contributed by atoms with Gasteiger partial charge in [0.25, 0.3) is 0 Å². The third kappa shape index (κ3) is 3.96. The molecule has 2 aliphatic rings. The molecule has 0 aromatic heterocycles. The van der Waals surface area contributed by atoms with E-state index in [0.717, 1.165) is 12.5 Å². The molecular weight excluding hydrogens is 222 g/mol. The zero-order valence-electron chi connectivity index (χ0n) is 12.5. The zero-order valence-corrected chi connectivity index (χ0v) is 12.5. The van der Waals surface area contributed by atoms with E-state index in [1.165, 1.54) is 51.4 Å². The molecule has 0 spiro atoms. The number of ether oxygens (including phenoxy) is 1. The Morgan fingerprint density at radius 1 is 1.11 bits per heavy atom. The van der Waals surface area contributed by atoms with Crippen molar-refractivity contribution in [3.05, 3.63) is 0 Å². The highest BCUT2D eigenvalue weighted by Crippen LogP contribution is 2.37. The summed E-state index contributed by atoms with van der Waals surface area (Å²) in [4.78, 5) is 0. The van der Waals surface area contributed by atoms with E-state index in [-0.39, 0.29) is 5.60 Å². The SMILES string of the molecule is CC1CCC(CNC(C)C)(OC2CCCC2)CC1. The summed E-state index contributed by atoms with van der Waals surface area (Å²) in [6, 6.07) is 0.563. The fraction of sp³-hybridized carbons (Fsp3) is 1.00. The van der Waals surface area contributed by atoms with Crippen molar-refractivity contribution in [3.63, 3.8) is 0 Å². The predicted octanol–water partition coefficient (Wildman–Crippen LogP) is 3.89. The van der Waals surface area contributed by atoms with Crippen molar-refractivity contribution in [1.82, 2.24) is 5.32 Å². The van der Waals surface area contributed by atoms with Crippen molar-refractivity contribution < 1.29 is 4.74 Å². The van der Waals surface area contributed by atoms with E-state index in [9.17, 15) is 0 Å². The largest absolute Gasteiger partial charge is 0.370 e. The Morgan fingerprint density at radius 2 is 1.72 bits per heavy atom. The van der Waals surface area contributed by atoms with Gasteiger partial charge in [-0.2, -0.15) is 0 Å². The molecule has 0 heterocycles. The van der Waals surface area contributed by atoms with Gasteiger partial charge >= 0.3 is 0 Å². The van der Waals surface area contributed by atoms with Crippen LogP contribution in [0.2, 0.25) is 0 Å². The van der Waals surface area contributed by atoms with Crippen LogP contribution in [0.5, 0.6) is 0 Å².